The topological polar surface area (TPSA) is 21.7 Å². The third kappa shape index (κ3) is 4.35. The van der Waals surface area contributed by atoms with Crippen LogP contribution in [0, 0.1) is 11.3 Å². The number of nitrogens with zero attached hydrogens (tertiary/aromatic N) is 1. The maximum atomic E-state index is 5.58. The standard InChI is InChI=1S/C23H31NO2/c1-19-16-24(17-23(19,2)14-15-26-18-25-3)22(20-10-6-4-7-11-20)21-12-8-5-9-13-21/h4-13,19,22H,14-18H2,1-3H3/t19-,23-/m1/s1. The maximum absolute atomic E-state index is 5.58. The van der Waals surface area contributed by atoms with Gasteiger partial charge in [0.1, 0.15) is 6.79 Å². The van der Waals surface area contributed by atoms with E-state index in [2.05, 4.69) is 79.4 Å². The van der Waals surface area contributed by atoms with E-state index in [4.69, 9.17) is 9.47 Å². The van der Waals surface area contributed by atoms with Crippen LogP contribution in [0.2, 0.25) is 0 Å². The van der Waals surface area contributed by atoms with Gasteiger partial charge in [-0.3, -0.25) is 4.90 Å². The van der Waals surface area contributed by atoms with Crippen LogP contribution < -0.4 is 0 Å². The summed E-state index contributed by atoms with van der Waals surface area (Å²) < 4.78 is 10.6. The summed E-state index contributed by atoms with van der Waals surface area (Å²) in [5, 5.41) is 0. The highest BCUT2D eigenvalue weighted by atomic mass is 16.7. The van der Waals surface area contributed by atoms with Gasteiger partial charge in [0, 0.05) is 20.2 Å². The Kier molecular flexibility index (Phi) is 6.47. The van der Waals surface area contributed by atoms with Crippen molar-refractivity contribution in [1.29, 1.82) is 0 Å². The highest BCUT2D eigenvalue weighted by molar-refractivity contribution is 5.32. The predicted molar refractivity (Wildman–Crippen MR) is 106 cm³/mol. The molecule has 3 rings (SSSR count). The van der Waals surface area contributed by atoms with Gasteiger partial charge in [0.15, 0.2) is 0 Å². The molecular weight excluding hydrogens is 322 g/mol. The number of benzene rings is 2. The Balaban J connectivity index is 1.80. The van der Waals surface area contributed by atoms with Crippen molar-refractivity contribution < 1.29 is 9.47 Å². The number of methoxy groups -OCH3 is 1. The smallest absolute Gasteiger partial charge is 0.146 e. The van der Waals surface area contributed by atoms with Crippen molar-refractivity contribution in [3.63, 3.8) is 0 Å². The lowest BCUT2D eigenvalue weighted by Gasteiger charge is -2.31. The molecule has 3 heteroatoms. The fourth-order valence-electron chi connectivity index (χ4n) is 4.11. The maximum Gasteiger partial charge on any atom is 0.146 e. The van der Waals surface area contributed by atoms with Crippen LogP contribution in [0.3, 0.4) is 0 Å². The molecule has 0 radical (unpaired) electrons. The quantitative estimate of drug-likeness (QED) is 0.505. The van der Waals surface area contributed by atoms with Crippen molar-refractivity contribution in [3.05, 3.63) is 71.8 Å². The Morgan fingerprint density at radius 3 is 2.15 bits per heavy atom. The molecule has 26 heavy (non-hydrogen) atoms. The van der Waals surface area contributed by atoms with Gasteiger partial charge in [-0.25, -0.2) is 0 Å². The summed E-state index contributed by atoms with van der Waals surface area (Å²) in [5.41, 5.74) is 2.99. The van der Waals surface area contributed by atoms with Gasteiger partial charge in [0.25, 0.3) is 0 Å². The number of rotatable bonds is 8. The molecule has 0 amide bonds. The van der Waals surface area contributed by atoms with Gasteiger partial charge in [0.2, 0.25) is 0 Å². The van der Waals surface area contributed by atoms with Gasteiger partial charge in [-0.2, -0.15) is 0 Å². The molecule has 0 saturated carbocycles. The van der Waals surface area contributed by atoms with Crippen LogP contribution in [-0.4, -0.2) is 38.5 Å². The third-order valence-corrected chi connectivity index (χ3v) is 5.88. The van der Waals surface area contributed by atoms with Crippen LogP contribution >= 0.6 is 0 Å². The van der Waals surface area contributed by atoms with E-state index in [-0.39, 0.29) is 5.41 Å². The van der Waals surface area contributed by atoms with Crippen LogP contribution in [0.25, 0.3) is 0 Å². The Bertz CT molecular complexity index is 621. The summed E-state index contributed by atoms with van der Waals surface area (Å²) in [4.78, 5) is 2.64. The van der Waals surface area contributed by atoms with E-state index >= 15 is 0 Å². The van der Waals surface area contributed by atoms with Crippen LogP contribution in [-0.2, 0) is 9.47 Å². The van der Waals surface area contributed by atoms with Crippen molar-refractivity contribution in [2.45, 2.75) is 26.3 Å². The first-order chi connectivity index (χ1) is 12.6. The van der Waals surface area contributed by atoms with Crippen LogP contribution in [0.4, 0.5) is 0 Å². The van der Waals surface area contributed by atoms with E-state index in [9.17, 15) is 0 Å². The Morgan fingerprint density at radius 1 is 1.04 bits per heavy atom. The highest BCUT2D eigenvalue weighted by Gasteiger charge is 2.42. The lowest BCUT2D eigenvalue weighted by molar-refractivity contribution is -0.0409. The van der Waals surface area contributed by atoms with E-state index in [0.29, 0.717) is 18.8 Å². The minimum absolute atomic E-state index is 0.259. The largest absolute Gasteiger partial charge is 0.359 e. The molecule has 1 aliphatic heterocycles. The molecule has 1 fully saturated rings. The molecule has 2 atom stereocenters. The van der Waals surface area contributed by atoms with E-state index < -0.39 is 0 Å². The molecule has 0 N–H and O–H groups in total. The monoisotopic (exact) mass is 353 g/mol. The SMILES string of the molecule is COCOCC[C@]1(C)CN(C(c2ccccc2)c2ccccc2)C[C@H]1C. The van der Waals surface area contributed by atoms with E-state index in [1.54, 1.807) is 7.11 Å². The van der Waals surface area contributed by atoms with Gasteiger partial charge < -0.3 is 9.47 Å². The van der Waals surface area contributed by atoms with Gasteiger partial charge in [-0.15, -0.1) is 0 Å². The second-order valence-electron chi connectivity index (χ2n) is 7.77. The highest BCUT2D eigenvalue weighted by Crippen LogP contribution is 2.43. The Hall–Kier alpha value is -1.68. The van der Waals surface area contributed by atoms with E-state index in [0.717, 1.165) is 26.1 Å². The molecule has 1 heterocycles. The second-order valence-corrected chi connectivity index (χ2v) is 7.77. The van der Waals surface area contributed by atoms with Gasteiger partial charge in [-0.1, -0.05) is 74.5 Å². The third-order valence-electron chi connectivity index (χ3n) is 5.88. The fourth-order valence-corrected chi connectivity index (χ4v) is 4.11. The average molecular weight is 354 g/mol. The van der Waals surface area contributed by atoms with Crippen molar-refractivity contribution in [2.75, 3.05) is 33.6 Å². The molecule has 0 bridgehead atoms. The first-order valence-corrected chi connectivity index (χ1v) is 9.55. The normalized spacial score (nSPS) is 23.6. The van der Waals surface area contributed by atoms with E-state index in [1.807, 2.05) is 0 Å². The fraction of sp³-hybridized carbons (Fsp3) is 0.478. The van der Waals surface area contributed by atoms with E-state index in [1.165, 1.54) is 11.1 Å². The lowest BCUT2D eigenvalue weighted by Crippen LogP contribution is -2.31. The molecule has 0 aliphatic carbocycles. The van der Waals surface area contributed by atoms with Gasteiger partial charge in [0.05, 0.1) is 12.6 Å². The zero-order valence-electron chi connectivity index (χ0n) is 16.2. The minimum Gasteiger partial charge on any atom is -0.359 e. The minimum atomic E-state index is 0.259. The average Bonchev–Trinajstić information content (AvgIpc) is 2.95. The lowest BCUT2D eigenvalue weighted by atomic mass is 9.78. The molecule has 2 aromatic carbocycles. The van der Waals surface area contributed by atoms with Crippen LogP contribution in [0.15, 0.2) is 60.7 Å². The Labute approximate surface area is 157 Å². The number of likely N-dealkylation sites (tertiary alicyclic amines) is 1. The van der Waals surface area contributed by atoms with Crippen molar-refractivity contribution in [1.82, 2.24) is 4.90 Å². The summed E-state index contributed by atoms with van der Waals surface area (Å²) in [6.07, 6.45) is 1.06. The van der Waals surface area contributed by atoms with Crippen LogP contribution in [0.1, 0.15) is 37.4 Å². The molecule has 2 aromatic rings. The molecule has 140 valence electrons. The summed E-state index contributed by atoms with van der Waals surface area (Å²) in [6.45, 7) is 8.10. The first kappa shape index (κ1) is 19.1. The van der Waals surface area contributed by atoms with Gasteiger partial charge >= 0.3 is 0 Å². The molecule has 0 aromatic heterocycles. The number of ether oxygens (including phenoxy) is 2. The van der Waals surface area contributed by atoms with Crippen molar-refractivity contribution in [3.8, 4) is 0 Å². The Morgan fingerprint density at radius 2 is 1.62 bits per heavy atom. The molecule has 1 aliphatic rings. The summed E-state index contributed by atoms with van der Waals surface area (Å²) in [7, 11) is 1.67. The first-order valence-electron chi connectivity index (χ1n) is 9.55. The summed E-state index contributed by atoms with van der Waals surface area (Å²) >= 11 is 0. The number of hydrogen-bond acceptors (Lipinski definition) is 3. The second kappa shape index (κ2) is 8.81. The zero-order valence-corrected chi connectivity index (χ0v) is 16.2. The van der Waals surface area contributed by atoms with Crippen LogP contribution in [0.5, 0.6) is 0 Å². The molecular formula is C23H31NO2. The number of hydrogen-bond donors (Lipinski definition) is 0. The molecule has 1 saturated heterocycles. The molecule has 3 nitrogen and oxygen atoms in total. The van der Waals surface area contributed by atoms with Crippen molar-refractivity contribution >= 4 is 0 Å². The van der Waals surface area contributed by atoms with Gasteiger partial charge in [-0.05, 0) is 28.9 Å². The summed E-state index contributed by atoms with van der Waals surface area (Å²) in [5.74, 6) is 0.628. The predicted octanol–water partition coefficient (Wildman–Crippen LogP) is 4.74. The van der Waals surface area contributed by atoms with Crippen molar-refractivity contribution in [2.24, 2.45) is 11.3 Å². The summed E-state index contributed by atoms with van der Waals surface area (Å²) in [6, 6.07) is 22.1. The molecule has 0 unspecified atom stereocenters. The zero-order chi connectivity index (χ0) is 18.4. The molecule has 0 spiro atoms.